The molecule has 0 aliphatic rings. The number of aliphatic hydroxyl groups is 1. The highest BCUT2D eigenvalue weighted by Crippen LogP contribution is 2.23. The molecule has 0 amide bonds. The summed E-state index contributed by atoms with van der Waals surface area (Å²) < 4.78 is 6.21. The van der Waals surface area contributed by atoms with E-state index in [0.29, 0.717) is 24.3 Å². The number of rotatable bonds is 4. The Morgan fingerprint density at radius 2 is 2.29 bits per heavy atom. The largest absolute Gasteiger partial charge is 0.492 e. The van der Waals surface area contributed by atoms with Crippen LogP contribution in [0.2, 0.25) is 0 Å². The number of benzene rings is 1. The second-order valence-electron chi connectivity index (χ2n) is 2.68. The average molecular weight is 256 g/mol. The second kappa shape index (κ2) is 5.63. The van der Waals surface area contributed by atoms with Gasteiger partial charge in [0.2, 0.25) is 0 Å². The molecule has 1 N–H and O–H groups in total. The van der Waals surface area contributed by atoms with Crippen molar-refractivity contribution in [3.63, 3.8) is 0 Å². The molecule has 0 atom stereocenters. The summed E-state index contributed by atoms with van der Waals surface area (Å²) >= 11 is 3.30. The maximum Gasteiger partial charge on any atom is 0.138 e. The maximum absolute atomic E-state index is 8.77. The van der Waals surface area contributed by atoms with Crippen molar-refractivity contribution < 1.29 is 9.84 Å². The summed E-state index contributed by atoms with van der Waals surface area (Å²) in [6.07, 6.45) is 0.567. The number of ether oxygens (including phenoxy) is 1. The van der Waals surface area contributed by atoms with Gasteiger partial charge < -0.3 is 9.84 Å². The Labute approximate surface area is 91.1 Å². The van der Waals surface area contributed by atoms with Crippen LogP contribution >= 0.6 is 15.9 Å². The van der Waals surface area contributed by atoms with E-state index < -0.39 is 0 Å². The fourth-order valence-corrected chi connectivity index (χ4v) is 1.29. The molecule has 0 bridgehead atoms. The zero-order valence-electron chi connectivity index (χ0n) is 7.53. The molecule has 14 heavy (non-hydrogen) atoms. The molecule has 0 radical (unpaired) electrons. The first-order chi connectivity index (χ1) is 6.77. The van der Waals surface area contributed by atoms with Gasteiger partial charge in [-0.1, -0.05) is 15.9 Å². The third-order valence-electron chi connectivity index (χ3n) is 1.62. The lowest BCUT2D eigenvalue weighted by atomic mass is 10.2. The van der Waals surface area contributed by atoms with Crippen LogP contribution in [-0.2, 0) is 0 Å². The van der Waals surface area contributed by atoms with E-state index >= 15 is 0 Å². The minimum absolute atomic E-state index is 0.0931. The zero-order valence-corrected chi connectivity index (χ0v) is 9.12. The normalized spacial score (nSPS) is 9.50. The molecular weight excluding hydrogens is 246 g/mol. The van der Waals surface area contributed by atoms with Crippen LogP contribution in [0.15, 0.2) is 22.7 Å². The summed E-state index contributed by atoms with van der Waals surface area (Å²) in [4.78, 5) is 0. The van der Waals surface area contributed by atoms with Gasteiger partial charge in [0, 0.05) is 17.5 Å². The summed E-state index contributed by atoms with van der Waals surface area (Å²) in [6.45, 7) is 0.511. The topological polar surface area (TPSA) is 53.2 Å². The molecule has 0 aliphatic carbocycles. The molecule has 1 aromatic carbocycles. The Hall–Kier alpha value is -1.05. The van der Waals surface area contributed by atoms with Gasteiger partial charge in [0.15, 0.2) is 0 Å². The van der Waals surface area contributed by atoms with Gasteiger partial charge in [-0.2, -0.15) is 5.26 Å². The lowest BCUT2D eigenvalue weighted by molar-refractivity contribution is 0.233. The molecular formula is C10H10BrNO2. The highest BCUT2D eigenvalue weighted by atomic mass is 79.9. The van der Waals surface area contributed by atoms with E-state index in [1.807, 2.05) is 6.07 Å². The van der Waals surface area contributed by atoms with Crippen LogP contribution in [0.25, 0.3) is 0 Å². The van der Waals surface area contributed by atoms with Gasteiger partial charge in [0.1, 0.15) is 11.8 Å². The number of halogens is 1. The average Bonchev–Trinajstić information content (AvgIpc) is 2.19. The fourth-order valence-electron chi connectivity index (χ4n) is 0.955. The molecule has 0 unspecified atom stereocenters. The van der Waals surface area contributed by atoms with Crippen LogP contribution < -0.4 is 4.74 Å². The van der Waals surface area contributed by atoms with Crippen LogP contribution in [0.5, 0.6) is 5.75 Å². The maximum atomic E-state index is 8.77. The number of hydrogen-bond acceptors (Lipinski definition) is 3. The molecule has 0 aliphatic heterocycles. The predicted molar refractivity (Wildman–Crippen MR) is 56.1 cm³/mol. The highest BCUT2D eigenvalue weighted by molar-refractivity contribution is 9.10. The standard InChI is InChI=1S/C10H10BrNO2/c11-9-3-2-8(7-12)10(6-9)14-5-1-4-13/h2-3,6,13H,1,4-5H2. The van der Waals surface area contributed by atoms with E-state index in [9.17, 15) is 0 Å². The number of hydrogen-bond donors (Lipinski definition) is 1. The number of nitrogens with zero attached hydrogens (tertiary/aromatic N) is 1. The number of aliphatic hydroxyl groups excluding tert-OH is 1. The Balaban J connectivity index is 2.73. The third-order valence-corrected chi connectivity index (χ3v) is 2.12. The molecule has 4 heteroatoms. The zero-order chi connectivity index (χ0) is 10.4. The van der Waals surface area contributed by atoms with E-state index in [4.69, 9.17) is 15.1 Å². The van der Waals surface area contributed by atoms with Gasteiger partial charge in [-0.15, -0.1) is 0 Å². The Kier molecular flexibility index (Phi) is 4.44. The predicted octanol–water partition coefficient (Wildman–Crippen LogP) is 2.08. The molecule has 74 valence electrons. The van der Waals surface area contributed by atoms with Crippen molar-refractivity contribution in [2.24, 2.45) is 0 Å². The van der Waals surface area contributed by atoms with Crippen LogP contribution in [0.1, 0.15) is 12.0 Å². The van der Waals surface area contributed by atoms with Crippen LogP contribution in [-0.4, -0.2) is 18.3 Å². The minimum atomic E-state index is 0.0931. The third kappa shape index (κ3) is 3.02. The molecule has 1 aromatic rings. The van der Waals surface area contributed by atoms with Crippen molar-refractivity contribution in [1.82, 2.24) is 0 Å². The van der Waals surface area contributed by atoms with Crippen LogP contribution in [0, 0.1) is 11.3 Å². The first kappa shape index (κ1) is 11.0. The highest BCUT2D eigenvalue weighted by Gasteiger charge is 2.03. The number of nitriles is 1. The van der Waals surface area contributed by atoms with E-state index in [0.717, 1.165) is 4.47 Å². The Bertz CT molecular complexity index is 346. The summed E-state index contributed by atoms with van der Waals surface area (Å²) in [7, 11) is 0. The summed E-state index contributed by atoms with van der Waals surface area (Å²) in [6, 6.07) is 7.27. The molecule has 0 spiro atoms. The first-order valence-electron chi connectivity index (χ1n) is 4.21. The molecule has 3 nitrogen and oxygen atoms in total. The van der Waals surface area contributed by atoms with Gasteiger partial charge in [-0.25, -0.2) is 0 Å². The van der Waals surface area contributed by atoms with Crippen molar-refractivity contribution in [1.29, 1.82) is 5.26 Å². The molecule has 0 aromatic heterocycles. The lowest BCUT2D eigenvalue weighted by Gasteiger charge is -2.06. The van der Waals surface area contributed by atoms with Gasteiger partial charge in [-0.3, -0.25) is 0 Å². The van der Waals surface area contributed by atoms with Gasteiger partial charge in [-0.05, 0) is 18.2 Å². The van der Waals surface area contributed by atoms with Crippen molar-refractivity contribution in [3.05, 3.63) is 28.2 Å². The van der Waals surface area contributed by atoms with Crippen molar-refractivity contribution in [3.8, 4) is 11.8 Å². The fraction of sp³-hybridized carbons (Fsp3) is 0.300. The monoisotopic (exact) mass is 255 g/mol. The van der Waals surface area contributed by atoms with Gasteiger partial charge in [0.05, 0.1) is 12.2 Å². The molecule has 0 saturated heterocycles. The molecule has 0 heterocycles. The van der Waals surface area contributed by atoms with Crippen molar-refractivity contribution >= 4 is 15.9 Å². The van der Waals surface area contributed by atoms with Crippen molar-refractivity contribution in [2.45, 2.75) is 6.42 Å². The van der Waals surface area contributed by atoms with E-state index in [-0.39, 0.29) is 6.61 Å². The van der Waals surface area contributed by atoms with Gasteiger partial charge in [0.25, 0.3) is 0 Å². The Morgan fingerprint density at radius 1 is 1.50 bits per heavy atom. The van der Waals surface area contributed by atoms with Crippen LogP contribution in [0.3, 0.4) is 0 Å². The quantitative estimate of drug-likeness (QED) is 0.839. The summed E-state index contributed by atoms with van der Waals surface area (Å²) in [5, 5.41) is 17.3. The summed E-state index contributed by atoms with van der Waals surface area (Å²) in [5.41, 5.74) is 0.506. The van der Waals surface area contributed by atoms with E-state index in [2.05, 4.69) is 15.9 Å². The first-order valence-corrected chi connectivity index (χ1v) is 5.00. The van der Waals surface area contributed by atoms with E-state index in [1.54, 1.807) is 18.2 Å². The molecule has 0 fully saturated rings. The molecule has 1 rings (SSSR count). The smallest absolute Gasteiger partial charge is 0.138 e. The second-order valence-corrected chi connectivity index (χ2v) is 3.59. The van der Waals surface area contributed by atoms with Crippen LogP contribution in [0.4, 0.5) is 0 Å². The van der Waals surface area contributed by atoms with Gasteiger partial charge >= 0.3 is 0 Å². The molecule has 0 saturated carbocycles. The SMILES string of the molecule is N#Cc1ccc(Br)cc1OCCCO. The Morgan fingerprint density at radius 3 is 2.93 bits per heavy atom. The minimum Gasteiger partial charge on any atom is -0.492 e. The van der Waals surface area contributed by atoms with Crippen molar-refractivity contribution in [2.75, 3.05) is 13.2 Å². The lowest BCUT2D eigenvalue weighted by Crippen LogP contribution is -2.01. The van der Waals surface area contributed by atoms with E-state index in [1.165, 1.54) is 0 Å². The summed E-state index contributed by atoms with van der Waals surface area (Å²) in [5.74, 6) is 0.551.